The summed E-state index contributed by atoms with van der Waals surface area (Å²) in [7, 11) is 0. The molecular formula is C22H17NO5. The van der Waals surface area contributed by atoms with Gasteiger partial charge in [0.1, 0.15) is 11.1 Å². The third kappa shape index (κ3) is 3.09. The molecule has 0 unspecified atom stereocenters. The summed E-state index contributed by atoms with van der Waals surface area (Å²) >= 11 is 0. The number of nitrogens with one attached hydrogen (secondary N) is 1. The lowest BCUT2D eigenvalue weighted by atomic mass is 10.1. The molecule has 140 valence electrons. The molecule has 0 atom stereocenters. The van der Waals surface area contributed by atoms with Gasteiger partial charge in [-0.3, -0.25) is 4.79 Å². The van der Waals surface area contributed by atoms with E-state index in [4.69, 9.17) is 9.15 Å². The zero-order valence-corrected chi connectivity index (χ0v) is 15.2. The molecular weight excluding hydrogens is 358 g/mol. The van der Waals surface area contributed by atoms with Gasteiger partial charge in [0, 0.05) is 28.0 Å². The zero-order valence-electron chi connectivity index (χ0n) is 15.2. The summed E-state index contributed by atoms with van der Waals surface area (Å²) in [6, 6.07) is 14.0. The minimum atomic E-state index is -0.887. The Morgan fingerprint density at radius 3 is 2.71 bits per heavy atom. The third-order valence-electron chi connectivity index (χ3n) is 4.68. The smallest absolute Gasteiger partial charge is 0.351 e. The number of carbonyl (C=O) groups excluding carboxylic acids is 2. The topological polar surface area (TPSA) is 89.4 Å². The average molecular weight is 375 g/mol. The van der Waals surface area contributed by atoms with Gasteiger partial charge in [0.25, 0.3) is 0 Å². The highest BCUT2D eigenvalue weighted by molar-refractivity contribution is 6.09. The highest BCUT2D eigenvalue weighted by atomic mass is 16.5. The number of H-pyrrole nitrogens is 1. The van der Waals surface area contributed by atoms with Gasteiger partial charge >= 0.3 is 11.6 Å². The molecule has 0 spiro atoms. The minimum absolute atomic E-state index is 0.237. The number of aryl methyl sites for hydroxylation is 1. The Bertz CT molecular complexity index is 1260. The molecule has 0 bridgehead atoms. The Balaban J connectivity index is 1.55. The van der Waals surface area contributed by atoms with Crippen LogP contribution >= 0.6 is 0 Å². The number of aromatic nitrogens is 1. The number of hydrogen-bond acceptors (Lipinski definition) is 5. The number of benzene rings is 2. The molecule has 2 heterocycles. The predicted molar refractivity (Wildman–Crippen MR) is 105 cm³/mol. The Labute approximate surface area is 159 Å². The first-order valence-corrected chi connectivity index (χ1v) is 8.90. The lowest BCUT2D eigenvalue weighted by molar-refractivity contribution is 0.0471. The van der Waals surface area contributed by atoms with E-state index in [1.54, 1.807) is 30.5 Å². The lowest BCUT2D eigenvalue weighted by Crippen LogP contribution is -2.20. The lowest BCUT2D eigenvalue weighted by Gasteiger charge is -2.04. The van der Waals surface area contributed by atoms with Crippen LogP contribution in [0.4, 0.5) is 0 Å². The predicted octanol–water partition coefficient (Wildman–Crippen LogP) is 3.88. The number of esters is 1. The van der Waals surface area contributed by atoms with E-state index in [0.29, 0.717) is 16.5 Å². The Kier molecular flexibility index (Phi) is 4.53. The monoisotopic (exact) mass is 375 g/mol. The van der Waals surface area contributed by atoms with E-state index in [1.807, 2.05) is 25.1 Å². The van der Waals surface area contributed by atoms with E-state index in [1.165, 1.54) is 6.07 Å². The maximum atomic E-state index is 12.6. The molecule has 0 aliphatic carbocycles. The first-order chi connectivity index (χ1) is 13.6. The first kappa shape index (κ1) is 17.7. The Morgan fingerprint density at radius 1 is 1.07 bits per heavy atom. The second kappa shape index (κ2) is 7.15. The minimum Gasteiger partial charge on any atom is -0.453 e. The van der Waals surface area contributed by atoms with Crippen LogP contribution in [-0.4, -0.2) is 23.3 Å². The molecule has 0 fully saturated rings. The molecule has 0 aliphatic rings. The van der Waals surface area contributed by atoms with Gasteiger partial charge in [-0.25, -0.2) is 9.59 Å². The number of aromatic amines is 1. The zero-order chi connectivity index (χ0) is 19.7. The van der Waals surface area contributed by atoms with Crippen molar-refractivity contribution in [3.05, 3.63) is 81.8 Å². The van der Waals surface area contributed by atoms with Crippen LogP contribution < -0.4 is 5.63 Å². The number of fused-ring (bicyclic) bond motifs is 2. The summed E-state index contributed by atoms with van der Waals surface area (Å²) in [4.78, 5) is 40.0. The quantitative estimate of drug-likeness (QED) is 0.325. The molecule has 0 saturated carbocycles. The number of Topliss-reactive ketones (excluding diaryl/α,β-unsaturated/α-hetero) is 1. The van der Waals surface area contributed by atoms with E-state index >= 15 is 0 Å². The number of rotatable bonds is 5. The van der Waals surface area contributed by atoms with Crippen molar-refractivity contribution in [2.75, 3.05) is 6.61 Å². The number of ether oxygens (including phenoxy) is 1. The fourth-order valence-electron chi connectivity index (χ4n) is 3.23. The number of para-hydroxylation sites is 2. The maximum Gasteiger partial charge on any atom is 0.351 e. The second-order valence-corrected chi connectivity index (χ2v) is 6.38. The van der Waals surface area contributed by atoms with Crippen molar-refractivity contribution in [3.63, 3.8) is 0 Å². The van der Waals surface area contributed by atoms with E-state index in [0.717, 1.165) is 22.9 Å². The van der Waals surface area contributed by atoms with Crippen molar-refractivity contribution < 1.29 is 18.7 Å². The van der Waals surface area contributed by atoms with Gasteiger partial charge in [-0.1, -0.05) is 43.3 Å². The summed E-state index contributed by atoms with van der Waals surface area (Å²) in [5.74, 6) is -1.24. The molecule has 6 heteroatoms. The summed E-state index contributed by atoms with van der Waals surface area (Å²) in [6.45, 7) is 1.57. The molecule has 28 heavy (non-hydrogen) atoms. The van der Waals surface area contributed by atoms with Gasteiger partial charge in [-0.05, 0) is 24.1 Å². The van der Waals surface area contributed by atoms with Crippen LogP contribution in [0, 0.1) is 0 Å². The van der Waals surface area contributed by atoms with Crippen molar-refractivity contribution in [1.82, 2.24) is 4.98 Å². The molecule has 0 amide bonds. The normalized spacial score (nSPS) is 11.0. The summed E-state index contributed by atoms with van der Waals surface area (Å²) in [5.41, 5.74) is 1.79. The number of carbonyl (C=O) groups is 2. The van der Waals surface area contributed by atoms with Crippen LogP contribution in [0.15, 0.2) is 63.9 Å². The van der Waals surface area contributed by atoms with Gasteiger partial charge in [-0.15, -0.1) is 0 Å². The van der Waals surface area contributed by atoms with Gasteiger partial charge in [0.15, 0.2) is 6.61 Å². The van der Waals surface area contributed by atoms with Gasteiger partial charge in [0.05, 0.1) is 0 Å². The van der Waals surface area contributed by atoms with E-state index < -0.39 is 18.2 Å². The van der Waals surface area contributed by atoms with Crippen LogP contribution in [-0.2, 0) is 11.2 Å². The van der Waals surface area contributed by atoms with Crippen molar-refractivity contribution in [2.24, 2.45) is 0 Å². The summed E-state index contributed by atoms with van der Waals surface area (Å²) < 4.78 is 10.2. The fourth-order valence-corrected chi connectivity index (χ4v) is 3.23. The van der Waals surface area contributed by atoms with E-state index in [-0.39, 0.29) is 11.3 Å². The molecule has 1 N–H and O–H groups in total. The molecule has 0 saturated heterocycles. The molecule has 0 aliphatic heterocycles. The average Bonchev–Trinajstić information content (AvgIpc) is 3.15. The second-order valence-electron chi connectivity index (χ2n) is 6.38. The SMILES string of the molecule is CCc1cccc2c(C(=O)COC(=O)c3cc4ccccc4oc3=O)c[nH]c12. The van der Waals surface area contributed by atoms with Crippen LogP contribution in [0.25, 0.3) is 21.9 Å². The summed E-state index contributed by atoms with van der Waals surface area (Å²) in [5, 5.41) is 1.38. The highest BCUT2D eigenvalue weighted by Gasteiger charge is 2.19. The van der Waals surface area contributed by atoms with Crippen LogP contribution in [0.5, 0.6) is 0 Å². The molecule has 6 nitrogen and oxygen atoms in total. The number of ketones is 1. The highest BCUT2D eigenvalue weighted by Crippen LogP contribution is 2.22. The van der Waals surface area contributed by atoms with Crippen molar-refractivity contribution in [2.45, 2.75) is 13.3 Å². The van der Waals surface area contributed by atoms with Crippen molar-refractivity contribution in [1.29, 1.82) is 0 Å². The number of hydrogen-bond donors (Lipinski definition) is 1. The van der Waals surface area contributed by atoms with Crippen LogP contribution in [0.1, 0.15) is 33.2 Å². The summed E-state index contributed by atoms with van der Waals surface area (Å²) in [6.07, 6.45) is 2.45. The third-order valence-corrected chi connectivity index (χ3v) is 4.68. The van der Waals surface area contributed by atoms with Gasteiger partial charge in [0.2, 0.25) is 5.78 Å². The first-order valence-electron chi connectivity index (χ1n) is 8.90. The van der Waals surface area contributed by atoms with Crippen LogP contribution in [0.2, 0.25) is 0 Å². The van der Waals surface area contributed by atoms with Gasteiger partial charge in [-0.2, -0.15) is 0 Å². The molecule has 2 aromatic heterocycles. The van der Waals surface area contributed by atoms with Crippen LogP contribution in [0.3, 0.4) is 0 Å². The van der Waals surface area contributed by atoms with Crippen molar-refractivity contribution >= 4 is 33.6 Å². The molecule has 4 aromatic rings. The van der Waals surface area contributed by atoms with Crippen molar-refractivity contribution in [3.8, 4) is 0 Å². The molecule has 4 rings (SSSR count). The van der Waals surface area contributed by atoms with E-state index in [9.17, 15) is 14.4 Å². The molecule has 2 aromatic carbocycles. The largest absolute Gasteiger partial charge is 0.453 e. The Morgan fingerprint density at radius 2 is 1.89 bits per heavy atom. The maximum absolute atomic E-state index is 12.6. The Hall–Kier alpha value is -3.67. The standard InChI is InChI=1S/C22H17NO5/c1-2-13-7-5-8-15-17(11-23-20(13)15)18(24)12-27-21(25)16-10-14-6-3-4-9-19(14)28-22(16)26/h3-11,23H,2,12H2,1H3. The van der Waals surface area contributed by atoms with Gasteiger partial charge < -0.3 is 14.1 Å². The fraction of sp³-hybridized carbons (Fsp3) is 0.136. The van der Waals surface area contributed by atoms with E-state index in [2.05, 4.69) is 4.98 Å². The molecule has 0 radical (unpaired) electrons.